The Balaban J connectivity index is 1.24. The lowest BCUT2D eigenvalue weighted by atomic mass is 10.2. The number of carbonyl (C=O) groups is 1. The van der Waals surface area contributed by atoms with Crippen molar-refractivity contribution in [2.45, 2.75) is 25.7 Å². The second-order valence-electron chi connectivity index (χ2n) is 7.69. The van der Waals surface area contributed by atoms with E-state index in [4.69, 9.17) is 9.26 Å². The number of anilines is 1. The molecule has 0 atom stereocenters. The van der Waals surface area contributed by atoms with Gasteiger partial charge in [0.05, 0.1) is 0 Å². The highest BCUT2D eigenvalue weighted by molar-refractivity contribution is 5.92. The summed E-state index contributed by atoms with van der Waals surface area (Å²) in [4.78, 5) is 25.7. The molecule has 0 bridgehead atoms. The van der Waals surface area contributed by atoms with Gasteiger partial charge < -0.3 is 19.1 Å². The summed E-state index contributed by atoms with van der Waals surface area (Å²) in [5.41, 5.74) is 0.404. The maximum absolute atomic E-state index is 12.7. The number of hydrogen-bond donors (Lipinski definition) is 0. The number of para-hydroxylation sites is 1. The third-order valence-corrected chi connectivity index (χ3v) is 5.38. The van der Waals surface area contributed by atoms with Crippen LogP contribution in [0.25, 0.3) is 0 Å². The Kier molecular flexibility index (Phi) is 4.82. The van der Waals surface area contributed by atoms with Crippen LogP contribution >= 0.6 is 0 Å². The molecule has 2 aromatic heterocycles. The van der Waals surface area contributed by atoms with Gasteiger partial charge in [0.1, 0.15) is 23.2 Å². The Morgan fingerprint density at radius 2 is 1.83 bits per heavy atom. The van der Waals surface area contributed by atoms with Crippen LogP contribution in [0, 0.1) is 6.92 Å². The number of benzene rings is 1. The van der Waals surface area contributed by atoms with Gasteiger partial charge in [-0.05, 0) is 31.9 Å². The second-order valence-corrected chi connectivity index (χ2v) is 7.69. The molecular weight excluding hydrogens is 382 g/mol. The monoisotopic (exact) mass is 405 g/mol. The van der Waals surface area contributed by atoms with Crippen molar-refractivity contribution < 1.29 is 14.1 Å². The van der Waals surface area contributed by atoms with Crippen LogP contribution in [-0.2, 0) is 0 Å². The van der Waals surface area contributed by atoms with Crippen LogP contribution in [0.3, 0.4) is 0 Å². The SMILES string of the molecule is Cc1nc(Oc2ccccc2)cc(N2CCN(C(=O)c3cc(C4CC4)on3)CC2)n1. The zero-order valence-corrected chi connectivity index (χ0v) is 16.8. The Hall–Kier alpha value is -3.42. The summed E-state index contributed by atoms with van der Waals surface area (Å²) in [5, 5.41) is 3.98. The summed E-state index contributed by atoms with van der Waals surface area (Å²) in [5.74, 6) is 3.90. The minimum Gasteiger partial charge on any atom is -0.439 e. The van der Waals surface area contributed by atoms with Crippen molar-refractivity contribution in [3.8, 4) is 11.6 Å². The Morgan fingerprint density at radius 1 is 1.07 bits per heavy atom. The third kappa shape index (κ3) is 3.98. The van der Waals surface area contributed by atoms with Crippen molar-refractivity contribution in [1.82, 2.24) is 20.0 Å². The van der Waals surface area contributed by atoms with Crippen molar-refractivity contribution in [2.24, 2.45) is 0 Å². The fraction of sp³-hybridized carbons (Fsp3) is 0.364. The van der Waals surface area contributed by atoms with Gasteiger partial charge in [-0.2, -0.15) is 4.98 Å². The van der Waals surface area contributed by atoms with Crippen LogP contribution < -0.4 is 9.64 Å². The Morgan fingerprint density at radius 3 is 2.57 bits per heavy atom. The minimum absolute atomic E-state index is 0.0720. The topological polar surface area (TPSA) is 84.6 Å². The number of carbonyl (C=O) groups excluding carboxylic acids is 1. The number of nitrogens with zero attached hydrogens (tertiary/aromatic N) is 5. The van der Waals surface area contributed by atoms with Gasteiger partial charge in [0, 0.05) is 44.2 Å². The molecule has 8 nitrogen and oxygen atoms in total. The fourth-order valence-corrected chi connectivity index (χ4v) is 3.60. The van der Waals surface area contributed by atoms with Gasteiger partial charge in [-0.25, -0.2) is 4.98 Å². The summed E-state index contributed by atoms with van der Waals surface area (Å²) in [6.45, 7) is 4.41. The standard InChI is InChI=1S/C22H23N5O3/c1-15-23-20(14-21(24-15)29-17-5-3-2-4-6-17)26-9-11-27(12-10-26)22(28)18-13-19(30-25-18)16-7-8-16/h2-6,13-14,16H,7-12H2,1H3. The molecule has 8 heteroatoms. The first-order chi connectivity index (χ1) is 14.7. The number of ether oxygens (including phenoxy) is 1. The maximum Gasteiger partial charge on any atom is 0.276 e. The predicted octanol–water partition coefficient (Wildman–Crippen LogP) is 3.41. The number of aryl methyl sites for hydroxylation is 1. The van der Waals surface area contributed by atoms with Crippen LogP contribution in [0.15, 0.2) is 47.0 Å². The number of rotatable bonds is 5. The van der Waals surface area contributed by atoms with E-state index < -0.39 is 0 Å². The maximum atomic E-state index is 12.7. The Bertz CT molecular complexity index is 1040. The number of piperazine rings is 1. The first-order valence-electron chi connectivity index (χ1n) is 10.2. The van der Waals surface area contributed by atoms with Gasteiger partial charge in [0.2, 0.25) is 5.88 Å². The van der Waals surface area contributed by atoms with Crippen LogP contribution in [0.1, 0.15) is 40.8 Å². The van der Waals surface area contributed by atoms with Gasteiger partial charge in [-0.1, -0.05) is 23.4 Å². The summed E-state index contributed by atoms with van der Waals surface area (Å²) >= 11 is 0. The van der Waals surface area contributed by atoms with E-state index in [1.807, 2.05) is 48.2 Å². The van der Waals surface area contributed by atoms with Gasteiger partial charge in [-0.3, -0.25) is 4.79 Å². The lowest BCUT2D eigenvalue weighted by Gasteiger charge is -2.35. The van der Waals surface area contributed by atoms with Gasteiger partial charge in [0.15, 0.2) is 5.69 Å². The highest BCUT2D eigenvalue weighted by atomic mass is 16.5. The molecule has 1 saturated heterocycles. The molecule has 0 N–H and O–H groups in total. The fourth-order valence-electron chi connectivity index (χ4n) is 3.60. The van der Waals surface area contributed by atoms with Crippen LogP contribution in [0.4, 0.5) is 5.82 Å². The first-order valence-corrected chi connectivity index (χ1v) is 10.2. The van der Waals surface area contributed by atoms with E-state index >= 15 is 0 Å². The van der Waals surface area contributed by atoms with Gasteiger partial charge in [0.25, 0.3) is 5.91 Å². The van der Waals surface area contributed by atoms with E-state index in [9.17, 15) is 4.79 Å². The molecule has 1 aliphatic heterocycles. The van der Waals surface area contributed by atoms with E-state index in [1.54, 1.807) is 6.07 Å². The van der Waals surface area contributed by atoms with Crippen molar-refractivity contribution in [1.29, 1.82) is 0 Å². The average molecular weight is 405 g/mol. The third-order valence-electron chi connectivity index (χ3n) is 5.38. The molecule has 1 saturated carbocycles. The minimum atomic E-state index is -0.0720. The molecule has 2 aliphatic rings. The molecule has 1 aromatic carbocycles. The van der Waals surface area contributed by atoms with Crippen molar-refractivity contribution in [2.75, 3.05) is 31.1 Å². The first kappa shape index (κ1) is 18.6. The largest absolute Gasteiger partial charge is 0.439 e. The molecule has 154 valence electrons. The molecule has 3 heterocycles. The highest BCUT2D eigenvalue weighted by Gasteiger charge is 2.31. The molecule has 0 radical (unpaired) electrons. The Labute approximate surface area is 174 Å². The normalized spacial score (nSPS) is 16.6. The number of aromatic nitrogens is 3. The summed E-state index contributed by atoms with van der Waals surface area (Å²) in [7, 11) is 0. The molecule has 0 unspecified atom stereocenters. The summed E-state index contributed by atoms with van der Waals surface area (Å²) in [6.07, 6.45) is 2.24. The molecule has 0 spiro atoms. The molecule has 3 aromatic rings. The summed E-state index contributed by atoms with van der Waals surface area (Å²) in [6, 6.07) is 13.2. The van der Waals surface area contributed by atoms with E-state index in [-0.39, 0.29) is 5.91 Å². The van der Waals surface area contributed by atoms with Crippen LogP contribution in [-0.4, -0.2) is 52.1 Å². The molecule has 5 rings (SSSR count). The highest BCUT2D eigenvalue weighted by Crippen LogP contribution is 2.40. The average Bonchev–Trinajstić information content (AvgIpc) is 3.50. The smallest absolute Gasteiger partial charge is 0.276 e. The van der Waals surface area contributed by atoms with Crippen molar-refractivity contribution >= 4 is 11.7 Å². The summed E-state index contributed by atoms with van der Waals surface area (Å²) < 4.78 is 11.2. The zero-order chi connectivity index (χ0) is 20.5. The number of hydrogen-bond acceptors (Lipinski definition) is 7. The van der Waals surface area contributed by atoms with E-state index in [1.165, 1.54) is 0 Å². The predicted molar refractivity (Wildman–Crippen MR) is 110 cm³/mol. The van der Waals surface area contributed by atoms with Crippen molar-refractivity contribution in [3.63, 3.8) is 0 Å². The molecular formula is C22H23N5O3. The van der Waals surface area contributed by atoms with Crippen molar-refractivity contribution in [3.05, 3.63) is 59.7 Å². The molecule has 30 heavy (non-hydrogen) atoms. The molecule has 2 fully saturated rings. The molecule has 1 aliphatic carbocycles. The second kappa shape index (κ2) is 7.78. The van der Waals surface area contributed by atoms with Gasteiger partial charge in [-0.15, -0.1) is 0 Å². The van der Waals surface area contributed by atoms with Crippen LogP contribution in [0.5, 0.6) is 11.6 Å². The van der Waals surface area contributed by atoms with Gasteiger partial charge >= 0.3 is 0 Å². The van der Waals surface area contributed by atoms with Crippen LogP contribution in [0.2, 0.25) is 0 Å². The van der Waals surface area contributed by atoms with E-state index in [2.05, 4.69) is 20.0 Å². The van der Waals surface area contributed by atoms with E-state index in [0.717, 1.165) is 30.2 Å². The zero-order valence-electron chi connectivity index (χ0n) is 16.8. The lowest BCUT2D eigenvalue weighted by Crippen LogP contribution is -2.49. The quantitative estimate of drug-likeness (QED) is 0.643. The molecule has 1 amide bonds. The van der Waals surface area contributed by atoms with E-state index in [0.29, 0.717) is 49.5 Å². The lowest BCUT2D eigenvalue weighted by molar-refractivity contribution is 0.0736. The number of amides is 1.